The summed E-state index contributed by atoms with van der Waals surface area (Å²) >= 11 is 0. The van der Waals surface area contributed by atoms with E-state index in [0.29, 0.717) is 0 Å². The molecule has 1 aromatic rings. The SMILES string of the molecule is O=C(NCCC1=CCCC1)c1ccc2c(c1)NCC2. The maximum Gasteiger partial charge on any atom is 0.251 e. The van der Waals surface area contributed by atoms with Crippen molar-refractivity contribution in [2.45, 2.75) is 32.1 Å². The van der Waals surface area contributed by atoms with Gasteiger partial charge in [-0.05, 0) is 49.8 Å². The molecule has 0 unspecified atom stereocenters. The molecule has 0 spiro atoms. The highest BCUT2D eigenvalue weighted by atomic mass is 16.1. The smallest absolute Gasteiger partial charge is 0.251 e. The summed E-state index contributed by atoms with van der Waals surface area (Å²) in [5.74, 6) is 0.0371. The van der Waals surface area contributed by atoms with Gasteiger partial charge in [0.15, 0.2) is 0 Å². The van der Waals surface area contributed by atoms with Crippen LogP contribution in [0.15, 0.2) is 29.8 Å². The minimum absolute atomic E-state index is 0.0371. The molecule has 0 aromatic heterocycles. The summed E-state index contributed by atoms with van der Waals surface area (Å²) in [7, 11) is 0. The lowest BCUT2D eigenvalue weighted by Gasteiger charge is -2.07. The van der Waals surface area contributed by atoms with Crippen molar-refractivity contribution in [3.05, 3.63) is 41.0 Å². The van der Waals surface area contributed by atoms with Gasteiger partial charge in [-0.25, -0.2) is 0 Å². The van der Waals surface area contributed by atoms with E-state index in [1.165, 1.54) is 30.4 Å². The highest BCUT2D eigenvalue weighted by molar-refractivity contribution is 5.95. The average molecular weight is 256 g/mol. The van der Waals surface area contributed by atoms with Crippen LogP contribution in [-0.4, -0.2) is 19.0 Å². The summed E-state index contributed by atoms with van der Waals surface area (Å²) in [5.41, 5.74) is 4.68. The number of hydrogen-bond acceptors (Lipinski definition) is 2. The molecule has 1 aliphatic heterocycles. The second-order valence-electron chi connectivity index (χ2n) is 5.31. The molecule has 1 aromatic carbocycles. The quantitative estimate of drug-likeness (QED) is 0.813. The molecule has 3 heteroatoms. The number of benzene rings is 1. The Bertz CT molecular complexity index is 519. The predicted molar refractivity (Wildman–Crippen MR) is 77.5 cm³/mol. The molecule has 0 atom stereocenters. The van der Waals surface area contributed by atoms with E-state index in [-0.39, 0.29) is 5.91 Å². The standard InChI is InChI=1S/C16H20N2O/c19-16(18-9-7-12-3-1-2-4-12)14-6-5-13-8-10-17-15(13)11-14/h3,5-6,11,17H,1-2,4,7-10H2,(H,18,19). The Labute approximate surface area is 114 Å². The first-order chi connectivity index (χ1) is 9.33. The second-order valence-corrected chi connectivity index (χ2v) is 5.31. The number of carbonyl (C=O) groups excluding carboxylic acids is 1. The van der Waals surface area contributed by atoms with Gasteiger partial charge in [-0.3, -0.25) is 4.79 Å². The van der Waals surface area contributed by atoms with E-state index < -0.39 is 0 Å². The van der Waals surface area contributed by atoms with E-state index in [9.17, 15) is 4.79 Å². The monoisotopic (exact) mass is 256 g/mol. The van der Waals surface area contributed by atoms with Crippen molar-refractivity contribution < 1.29 is 4.79 Å². The van der Waals surface area contributed by atoms with Crippen molar-refractivity contribution in [3.63, 3.8) is 0 Å². The van der Waals surface area contributed by atoms with Gasteiger partial charge in [0.25, 0.3) is 5.91 Å². The first-order valence-corrected chi connectivity index (χ1v) is 7.16. The molecule has 3 nitrogen and oxygen atoms in total. The lowest BCUT2D eigenvalue weighted by atomic mass is 10.1. The molecule has 2 N–H and O–H groups in total. The zero-order valence-corrected chi connectivity index (χ0v) is 11.2. The van der Waals surface area contributed by atoms with Crippen LogP contribution < -0.4 is 10.6 Å². The number of amides is 1. The summed E-state index contributed by atoms with van der Waals surface area (Å²) < 4.78 is 0. The number of carbonyl (C=O) groups is 1. The third kappa shape index (κ3) is 2.80. The van der Waals surface area contributed by atoms with Crippen LogP contribution in [0.1, 0.15) is 41.6 Å². The molecule has 2 aliphatic rings. The number of anilines is 1. The molecule has 19 heavy (non-hydrogen) atoms. The van der Waals surface area contributed by atoms with E-state index in [1.807, 2.05) is 12.1 Å². The van der Waals surface area contributed by atoms with Gasteiger partial charge in [0.05, 0.1) is 0 Å². The van der Waals surface area contributed by atoms with Crippen LogP contribution in [0.2, 0.25) is 0 Å². The van der Waals surface area contributed by atoms with Crippen LogP contribution in [0.3, 0.4) is 0 Å². The molecule has 0 fully saturated rings. The van der Waals surface area contributed by atoms with Crippen LogP contribution in [-0.2, 0) is 6.42 Å². The summed E-state index contributed by atoms with van der Waals surface area (Å²) in [6.45, 7) is 1.73. The van der Waals surface area contributed by atoms with Crippen LogP contribution >= 0.6 is 0 Å². The fraction of sp³-hybridized carbons (Fsp3) is 0.438. The molecular weight excluding hydrogens is 236 g/mol. The molecule has 3 rings (SSSR count). The normalized spacial score (nSPS) is 16.7. The van der Waals surface area contributed by atoms with E-state index in [0.717, 1.165) is 37.2 Å². The third-order valence-electron chi connectivity index (χ3n) is 3.95. The Kier molecular flexibility index (Phi) is 3.53. The minimum atomic E-state index is 0.0371. The van der Waals surface area contributed by atoms with Gasteiger partial charge < -0.3 is 10.6 Å². The third-order valence-corrected chi connectivity index (χ3v) is 3.95. The Morgan fingerprint density at radius 3 is 3.11 bits per heavy atom. The summed E-state index contributed by atoms with van der Waals surface area (Å²) in [5, 5.41) is 6.32. The zero-order chi connectivity index (χ0) is 13.1. The molecule has 1 aliphatic carbocycles. The molecular formula is C16H20N2O. The molecule has 1 amide bonds. The van der Waals surface area contributed by atoms with Crippen LogP contribution in [0.5, 0.6) is 0 Å². The number of hydrogen-bond donors (Lipinski definition) is 2. The number of nitrogens with one attached hydrogen (secondary N) is 2. The fourth-order valence-electron chi connectivity index (χ4n) is 2.84. The lowest BCUT2D eigenvalue weighted by molar-refractivity contribution is 0.0954. The second kappa shape index (κ2) is 5.47. The van der Waals surface area contributed by atoms with Crippen molar-refractivity contribution in [2.24, 2.45) is 0 Å². The Balaban J connectivity index is 1.55. The zero-order valence-electron chi connectivity index (χ0n) is 11.2. The van der Waals surface area contributed by atoms with E-state index in [1.54, 1.807) is 0 Å². The van der Waals surface area contributed by atoms with Crippen LogP contribution in [0, 0.1) is 0 Å². The topological polar surface area (TPSA) is 41.1 Å². The van der Waals surface area contributed by atoms with Crippen LogP contribution in [0.4, 0.5) is 5.69 Å². The van der Waals surface area contributed by atoms with Gasteiger partial charge in [-0.15, -0.1) is 0 Å². The van der Waals surface area contributed by atoms with E-state index in [4.69, 9.17) is 0 Å². The van der Waals surface area contributed by atoms with Gasteiger partial charge in [0, 0.05) is 24.3 Å². The molecule has 0 saturated carbocycles. The predicted octanol–water partition coefficient (Wildman–Crippen LogP) is 2.88. The first kappa shape index (κ1) is 12.3. The van der Waals surface area contributed by atoms with Gasteiger partial charge in [-0.1, -0.05) is 17.7 Å². The van der Waals surface area contributed by atoms with Gasteiger partial charge in [0.2, 0.25) is 0 Å². The summed E-state index contributed by atoms with van der Waals surface area (Å²) in [6, 6.07) is 5.95. The maximum absolute atomic E-state index is 12.1. The molecule has 0 bridgehead atoms. The highest BCUT2D eigenvalue weighted by Gasteiger charge is 2.13. The number of allylic oxidation sites excluding steroid dienone is 1. The van der Waals surface area contributed by atoms with Gasteiger partial charge in [0.1, 0.15) is 0 Å². The number of rotatable bonds is 4. The Morgan fingerprint density at radius 1 is 1.32 bits per heavy atom. The lowest BCUT2D eigenvalue weighted by Crippen LogP contribution is -2.24. The Hall–Kier alpha value is -1.77. The molecule has 0 saturated heterocycles. The first-order valence-electron chi connectivity index (χ1n) is 7.16. The summed E-state index contributed by atoms with van der Waals surface area (Å²) in [4.78, 5) is 12.1. The number of fused-ring (bicyclic) bond motifs is 1. The van der Waals surface area contributed by atoms with Crippen molar-refractivity contribution in [1.29, 1.82) is 0 Å². The van der Waals surface area contributed by atoms with Crippen molar-refractivity contribution >= 4 is 11.6 Å². The summed E-state index contributed by atoms with van der Waals surface area (Å²) in [6.07, 6.45) is 8.06. The van der Waals surface area contributed by atoms with Crippen LogP contribution in [0.25, 0.3) is 0 Å². The average Bonchev–Trinajstić information content (AvgIpc) is 3.08. The van der Waals surface area contributed by atoms with Crippen molar-refractivity contribution in [3.8, 4) is 0 Å². The minimum Gasteiger partial charge on any atom is -0.384 e. The van der Waals surface area contributed by atoms with Crippen molar-refractivity contribution in [1.82, 2.24) is 5.32 Å². The van der Waals surface area contributed by atoms with Crippen molar-refractivity contribution in [2.75, 3.05) is 18.4 Å². The fourth-order valence-corrected chi connectivity index (χ4v) is 2.84. The van der Waals surface area contributed by atoms with E-state index in [2.05, 4.69) is 22.8 Å². The highest BCUT2D eigenvalue weighted by Crippen LogP contribution is 2.23. The molecule has 100 valence electrons. The molecule has 1 heterocycles. The Morgan fingerprint density at radius 2 is 2.26 bits per heavy atom. The largest absolute Gasteiger partial charge is 0.384 e. The van der Waals surface area contributed by atoms with Gasteiger partial charge >= 0.3 is 0 Å². The van der Waals surface area contributed by atoms with Gasteiger partial charge in [-0.2, -0.15) is 0 Å². The van der Waals surface area contributed by atoms with E-state index >= 15 is 0 Å². The molecule has 0 radical (unpaired) electrons. The maximum atomic E-state index is 12.1.